The number of fused-ring (bicyclic) bond motifs is 2. The van der Waals surface area contributed by atoms with Gasteiger partial charge in [0.25, 0.3) is 0 Å². The van der Waals surface area contributed by atoms with Crippen LogP contribution in [0.1, 0.15) is 54.2 Å². The number of benzene rings is 3. The van der Waals surface area contributed by atoms with Crippen molar-refractivity contribution < 1.29 is 48.3 Å². The van der Waals surface area contributed by atoms with E-state index in [0.717, 1.165) is 70.2 Å². The minimum atomic E-state index is -4.74. The van der Waals surface area contributed by atoms with Crippen molar-refractivity contribution >= 4 is 37.7 Å². The molecule has 0 unspecified atom stereocenters. The lowest BCUT2D eigenvalue weighted by atomic mass is 9.92. The van der Waals surface area contributed by atoms with Gasteiger partial charge >= 0.3 is 12.4 Å². The number of hydrogen-bond acceptors (Lipinski definition) is 5. The molecule has 1 saturated carbocycles. The van der Waals surface area contributed by atoms with E-state index in [1.54, 1.807) is 22.9 Å². The highest BCUT2D eigenvalue weighted by atomic mass is 32.2. The van der Waals surface area contributed by atoms with Gasteiger partial charge in [-0.25, -0.2) is 26.6 Å². The molecule has 0 spiro atoms. The highest BCUT2D eigenvalue weighted by Gasteiger charge is 2.36. The molecule has 6 rings (SSSR count). The largest absolute Gasteiger partial charge is 0.416 e. The van der Waals surface area contributed by atoms with Crippen LogP contribution in [0.4, 0.5) is 35.1 Å². The van der Waals surface area contributed by atoms with Crippen LogP contribution in [-0.2, 0) is 40.3 Å². The summed E-state index contributed by atoms with van der Waals surface area (Å²) in [6.07, 6.45) is -7.26. The lowest BCUT2D eigenvalue weighted by Gasteiger charge is -2.28. The van der Waals surface area contributed by atoms with Crippen LogP contribution < -0.4 is 10.0 Å². The maximum atomic E-state index is 13.7. The summed E-state index contributed by atoms with van der Waals surface area (Å²) < 4.78 is 138. The first-order valence-corrected chi connectivity index (χ1v) is 17.6. The standard InChI is InChI=1S/C34H30F8N6O3S/c35-32(36)15-13-24(14-16-32)47-29-5-2-1-4-25(29)27(45-47)19-43-31(49)6-3-17-52(50,51)44-20-28-26-12-9-22(34(40,41)42)18-30(26)48(46-28)23-10-7-21(8-11-23)33(37,38)39/h1-12,18,24,44H,13-17,19-20H2,(H,43,49)/b6-3-. The van der Waals surface area contributed by atoms with Crippen LogP contribution in [0.15, 0.2) is 78.9 Å². The molecule has 18 heteroatoms. The molecule has 1 aliphatic rings. The summed E-state index contributed by atoms with van der Waals surface area (Å²) in [5.41, 5.74) is -0.864. The average molecular weight is 755 g/mol. The lowest BCUT2D eigenvalue weighted by molar-refractivity contribution is -0.138. The molecule has 1 amide bonds. The number of alkyl halides is 8. The van der Waals surface area contributed by atoms with Gasteiger partial charge in [0.1, 0.15) is 0 Å². The Bertz CT molecular complexity index is 2230. The molecule has 5 aromatic rings. The summed E-state index contributed by atoms with van der Waals surface area (Å²) in [6, 6.07) is 13.2. The van der Waals surface area contributed by atoms with Gasteiger partial charge in [-0.15, -0.1) is 0 Å². The normalized spacial score (nSPS) is 15.9. The number of sulfonamides is 1. The quantitative estimate of drug-likeness (QED) is 0.114. The number of hydrogen-bond donors (Lipinski definition) is 2. The number of aromatic nitrogens is 4. The maximum Gasteiger partial charge on any atom is 0.416 e. The van der Waals surface area contributed by atoms with Crippen molar-refractivity contribution in [3.8, 4) is 5.69 Å². The van der Waals surface area contributed by atoms with Crippen molar-refractivity contribution in [2.24, 2.45) is 0 Å². The summed E-state index contributed by atoms with van der Waals surface area (Å²) in [5.74, 6) is -3.99. The average Bonchev–Trinajstić information content (AvgIpc) is 3.64. The summed E-state index contributed by atoms with van der Waals surface area (Å²) in [6.45, 7) is -0.498. The molecule has 2 heterocycles. The number of nitrogens with one attached hydrogen (secondary N) is 2. The van der Waals surface area contributed by atoms with Gasteiger partial charge in [0, 0.05) is 23.6 Å². The first kappa shape index (κ1) is 36.9. The van der Waals surface area contributed by atoms with Gasteiger partial charge in [-0.05, 0) is 61.4 Å². The van der Waals surface area contributed by atoms with Crippen molar-refractivity contribution in [2.75, 3.05) is 5.75 Å². The van der Waals surface area contributed by atoms with Crippen LogP contribution in [0.3, 0.4) is 0 Å². The SMILES string of the molecule is O=C(/C=C\CS(=O)(=O)NCc1nn(-c2ccc(C(F)(F)F)cc2)c2cc(C(F)(F)F)ccc12)NCc1nn(C2CCC(F)(F)CC2)c2ccccc12. The number of amides is 1. The third kappa shape index (κ3) is 8.28. The maximum absolute atomic E-state index is 13.7. The Morgan fingerprint density at radius 2 is 1.44 bits per heavy atom. The lowest BCUT2D eigenvalue weighted by Crippen LogP contribution is -2.27. The van der Waals surface area contributed by atoms with E-state index in [2.05, 4.69) is 20.2 Å². The Kier molecular flexibility index (Phi) is 9.91. The zero-order valence-corrected chi connectivity index (χ0v) is 27.8. The molecule has 52 heavy (non-hydrogen) atoms. The second-order valence-corrected chi connectivity index (χ2v) is 14.2. The third-order valence-corrected chi connectivity index (χ3v) is 9.94. The first-order chi connectivity index (χ1) is 24.4. The Balaban J connectivity index is 1.11. The fraction of sp³-hybridized carbons (Fsp3) is 0.324. The Morgan fingerprint density at radius 3 is 2.12 bits per heavy atom. The Labute approximate surface area is 291 Å². The highest BCUT2D eigenvalue weighted by Crippen LogP contribution is 2.40. The second kappa shape index (κ2) is 13.9. The molecule has 1 fully saturated rings. The predicted octanol–water partition coefficient (Wildman–Crippen LogP) is 7.46. The van der Waals surface area contributed by atoms with Gasteiger partial charge in [0.2, 0.25) is 21.9 Å². The van der Waals surface area contributed by atoms with Crippen molar-refractivity contribution in [3.63, 3.8) is 0 Å². The zero-order valence-electron chi connectivity index (χ0n) is 27.0. The van der Waals surface area contributed by atoms with Gasteiger partial charge in [-0.2, -0.15) is 36.5 Å². The van der Waals surface area contributed by atoms with Gasteiger partial charge in [-0.3, -0.25) is 9.48 Å². The number of carbonyl (C=O) groups is 1. The monoisotopic (exact) mass is 754 g/mol. The predicted molar refractivity (Wildman–Crippen MR) is 175 cm³/mol. The number of halogens is 8. The molecule has 0 radical (unpaired) electrons. The highest BCUT2D eigenvalue weighted by molar-refractivity contribution is 7.89. The van der Waals surface area contributed by atoms with E-state index in [0.29, 0.717) is 5.69 Å². The topological polar surface area (TPSA) is 111 Å². The van der Waals surface area contributed by atoms with Crippen LogP contribution in [0.25, 0.3) is 27.5 Å². The van der Waals surface area contributed by atoms with Gasteiger partial charge in [0.05, 0.1) is 64.1 Å². The van der Waals surface area contributed by atoms with Crippen molar-refractivity contribution in [2.45, 2.75) is 63.1 Å². The van der Waals surface area contributed by atoms with E-state index in [9.17, 15) is 48.3 Å². The number of carbonyl (C=O) groups excluding carboxylic acids is 1. The van der Waals surface area contributed by atoms with E-state index >= 15 is 0 Å². The van der Waals surface area contributed by atoms with Gasteiger partial charge in [0.15, 0.2) is 0 Å². The van der Waals surface area contributed by atoms with Gasteiger partial charge in [-0.1, -0.05) is 30.3 Å². The molecular formula is C34H30F8N6O3S. The molecule has 9 nitrogen and oxygen atoms in total. The van der Waals surface area contributed by atoms with Crippen LogP contribution in [0.2, 0.25) is 0 Å². The molecular weight excluding hydrogens is 724 g/mol. The zero-order chi connectivity index (χ0) is 37.5. The summed E-state index contributed by atoms with van der Waals surface area (Å²) >= 11 is 0. The third-order valence-electron chi connectivity index (χ3n) is 8.72. The summed E-state index contributed by atoms with van der Waals surface area (Å²) in [7, 11) is -4.11. The molecule has 0 atom stereocenters. The van der Waals surface area contributed by atoms with E-state index in [1.165, 1.54) is 0 Å². The summed E-state index contributed by atoms with van der Waals surface area (Å²) in [4.78, 5) is 12.6. The van der Waals surface area contributed by atoms with E-state index in [1.807, 2.05) is 6.07 Å². The fourth-order valence-corrected chi connectivity index (χ4v) is 6.88. The van der Waals surface area contributed by atoms with Crippen LogP contribution >= 0.6 is 0 Å². The molecule has 2 N–H and O–H groups in total. The van der Waals surface area contributed by atoms with E-state index < -0.39 is 57.6 Å². The smallest absolute Gasteiger partial charge is 0.347 e. The molecule has 1 aliphatic carbocycles. The van der Waals surface area contributed by atoms with E-state index in [4.69, 9.17) is 0 Å². The number of nitrogens with zero attached hydrogens (tertiary/aromatic N) is 4. The van der Waals surface area contributed by atoms with Gasteiger partial charge < -0.3 is 5.32 Å². The molecule has 2 aromatic heterocycles. The van der Waals surface area contributed by atoms with Crippen molar-refractivity contribution in [3.05, 3.63) is 101 Å². The molecule has 0 bridgehead atoms. The van der Waals surface area contributed by atoms with Crippen molar-refractivity contribution in [1.29, 1.82) is 0 Å². The first-order valence-electron chi connectivity index (χ1n) is 15.9. The minimum Gasteiger partial charge on any atom is -0.347 e. The molecule has 3 aromatic carbocycles. The van der Waals surface area contributed by atoms with Crippen LogP contribution in [0.5, 0.6) is 0 Å². The van der Waals surface area contributed by atoms with E-state index in [-0.39, 0.29) is 60.6 Å². The minimum absolute atomic E-state index is 0.00234. The van der Waals surface area contributed by atoms with Crippen molar-refractivity contribution in [1.82, 2.24) is 29.6 Å². The fourth-order valence-electron chi connectivity index (χ4n) is 6.06. The summed E-state index contributed by atoms with van der Waals surface area (Å²) in [5, 5.41) is 12.3. The Morgan fingerprint density at radius 1 is 0.827 bits per heavy atom. The molecule has 0 saturated heterocycles. The molecule has 276 valence electrons. The number of rotatable bonds is 10. The van der Waals surface area contributed by atoms with Crippen LogP contribution in [0, 0.1) is 0 Å². The Hall–Kier alpha value is -4.84. The second-order valence-electron chi connectivity index (χ2n) is 12.4. The van der Waals surface area contributed by atoms with Crippen LogP contribution in [-0.4, -0.2) is 45.6 Å². The number of para-hydroxylation sites is 1. The molecule has 0 aliphatic heterocycles.